The average Bonchev–Trinajstić information content (AvgIpc) is 2.91. The van der Waals surface area contributed by atoms with Gasteiger partial charge in [-0.15, -0.1) is 16.4 Å². The van der Waals surface area contributed by atoms with Crippen LogP contribution in [0.2, 0.25) is 0 Å². The van der Waals surface area contributed by atoms with E-state index in [0.29, 0.717) is 18.8 Å². The van der Waals surface area contributed by atoms with Crippen molar-refractivity contribution in [1.82, 2.24) is 20.2 Å². The van der Waals surface area contributed by atoms with Gasteiger partial charge in [0.15, 0.2) is 5.82 Å². The van der Waals surface area contributed by atoms with Gasteiger partial charge in [0.1, 0.15) is 0 Å². The van der Waals surface area contributed by atoms with E-state index in [9.17, 15) is 4.79 Å². The fraction of sp³-hybridized carbons (Fsp3) is 0.400. The van der Waals surface area contributed by atoms with Gasteiger partial charge in [0.05, 0.1) is 13.5 Å². The molecule has 2 rings (SSSR count). The van der Waals surface area contributed by atoms with Gasteiger partial charge in [0.2, 0.25) is 0 Å². The predicted octanol–water partition coefficient (Wildman–Crippen LogP) is 3.04. The molecule has 0 aliphatic carbocycles. The van der Waals surface area contributed by atoms with Crippen molar-refractivity contribution >= 4 is 49.2 Å². The van der Waals surface area contributed by atoms with Crippen LogP contribution in [-0.4, -0.2) is 31.3 Å². The van der Waals surface area contributed by atoms with Crippen LogP contribution in [-0.2, 0) is 11.3 Å². The number of aliphatic carboxylic acids is 1. The first kappa shape index (κ1) is 14.6. The number of hydrogen-bond acceptors (Lipinski definition) is 5. The number of halogens is 2. The summed E-state index contributed by atoms with van der Waals surface area (Å²) in [5, 5.41) is 20.4. The van der Waals surface area contributed by atoms with Gasteiger partial charge in [-0.3, -0.25) is 4.79 Å². The molecule has 2 aromatic rings. The van der Waals surface area contributed by atoms with Crippen molar-refractivity contribution in [2.24, 2.45) is 5.92 Å². The minimum Gasteiger partial charge on any atom is -0.481 e. The van der Waals surface area contributed by atoms with E-state index in [-0.39, 0.29) is 0 Å². The molecule has 0 bridgehead atoms. The number of rotatable bonds is 5. The van der Waals surface area contributed by atoms with Crippen LogP contribution in [0.15, 0.2) is 13.6 Å². The van der Waals surface area contributed by atoms with E-state index in [0.717, 1.165) is 13.1 Å². The summed E-state index contributed by atoms with van der Waals surface area (Å²) in [6, 6.07) is 1.93. The van der Waals surface area contributed by atoms with Crippen LogP contribution in [0.5, 0.6) is 0 Å². The maximum Gasteiger partial charge on any atom is 0.306 e. The Kier molecular flexibility index (Phi) is 4.69. The number of aromatic nitrogens is 4. The molecule has 0 fully saturated rings. The van der Waals surface area contributed by atoms with E-state index in [1.54, 1.807) is 11.6 Å². The summed E-state index contributed by atoms with van der Waals surface area (Å²) in [6.07, 6.45) is 0.482. The lowest BCUT2D eigenvalue weighted by molar-refractivity contribution is -0.141. The van der Waals surface area contributed by atoms with Crippen molar-refractivity contribution in [2.45, 2.75) is 19.9 Å². The zero-order valence-electron chi connectivity index (χ0n) is 9.88. The maximum atomic E-state index is 10.8. The fourth-order valence-electron chi connectivity index (χ4n) is 1.48. The second-order valence-electron chi connectivity index (χ2n) is 3.99. The number of nitrogens with zero attached hydrogens (tertiary/aromatic N) is 4. The zero-order valence-corrected chi connectivity index (χ0v) is 13.9. The SMILES string of the molecule is CC(CCn1nnnc1-c1cc(Br)sc1Br)C(=O)O. The molecule has 0 aromatic carbocycles. The van der Waals surface area contributed by atoms with E-state index < -0.39 is 11.9 Å². The molecule has 6 nitrogen and oxygen atoms in total. The fourth-order valence-corrected chi connectivity index (χ4v) is 4.27. The zero-order chi connectivity index (χ0) is 14.0. The Hall–Kier alpha value is -0.800. The minimum atomic E-state index is -0.811. The van der Waals surface area contributed by atoms with Crippen molar-refractivity contribution in [1.29, 1.82) is 0 Å². The van der Waals surface area contributed by atoms with Crippen molar-refractivity contribution in [3.63, 3.8) is 0 Å². The third-order valence-corrected chi connectivity index (χ3v) is 4.96. The van der Waals surface area contributed by atoms with Crippen LogP contribution in [0.4, 0.5) is 0 Å². The molecule has 0 aliphatic heterocycles. The minimum absolute atomic E-state index is 0.422. The van der Waals surface area contributed by atoms with Gasteiger partial charge in [-0.1, -0.05) is 6.92 Å². The number of carboxylic acids is 1. The molecule has 2 heterocycles. The Bertz CT molecular complexity index is 598. The predicted molar refractivity (Wildman–Crippen MR) is 77.9 cm³/mol. The van der Waals surface area contributed by atoms with Crippen molar-refractivity contribution in [3.05, 3.63) is 13.6 Å². The molecule has 0 saturated heterocycles. The van der Waals surface area contributed by atoms with Gasteiger partial charge in [-0.25, -0.2) is 4.68 Å². The van der Waals surface area contributed by atoms with Gasteiger partial charge in [-0.05, 0) is 54.8 Å². The quantitative estimate of drug-likeness (QED) is 0.820. The molecule has 1 unspecified atom stereocenters. The lowest BCUT2D eigenvalue weighted by Gasteiger charge is -2.07. The highest BCUT2D eigenvalue weighted by atomic mass is 79.9. The summed E-state index contributed by atoms with van der Waals surface area (Å²) in [6.45, 7) is 2.14. The Morgan fingerprint density at radius 2 is 2.32 bits per heavy atom. The first-order valence-electron chi connectivity index (χ1n) is 5.43. The topological polar surface area (TPSA) is 80.9 Å². The molecule has 2 aromatic heterocycles. The number of thiophene rings is 1. The highest BCUT2D eigenvalue weighted by Gasteiger charge is 2.17. The Balaban J connectivity index is 2.18. The standard InChI is InChI=1S/C10H10Br2N4O2S/c1-5(10(17)18)2-3-16-9(13-14-15-16)6-4-7(11)19-8(6)12/h4-5H,2-3H2,1H3,(H,17,18). The van der Waals surface area contributed by atoms with Gasteiger partial charge in [0, 0.05) is 12.1 Å². The van der Waals surface area contributed by atoms with E-state index in [4.69, 9.17) is 5.11 Å². The number of hydrogen-bond donors (Lipinski definition) is 1. The Morgan fingerprint density at radius 1 is 1.58 bits per heavy atom. The molecule has 0 amide bonds. The second kappa shape index (κ2) is 6.10. The van der Waals surface area contributed by atoms with Gasteiger partial charge >= 0.3 is 5.97 Å². The van der Waals surface area contributed by atoms with Gasteiger partial charge in [0.25, 0.3) is 0 Å². The second-order valence-corrected chi connectivity index (χ2v) is 7.74. The highest BCUT2D eigenvalue weighted by Crippen LogP contribution is 2.37. The van der Waals surface area contributed by atoms with E-state index in [1.165, 1.54) is 11.3 Å². The van der Waals surface area contributed by atoms with E-state index in [1.807, 2.05) is 6.07 Å². The van der Waals surface area contributed by atoms with Crippen molar-refractivity contribution in [2.75, 3.05) is 0 Å². The third kappa shape index (κ3) is 3.40. The monoisotopic (exact) mass is 408 g/mol. The summed E-state index contributed by atoms with van der Waals surface area (Å²) in [5.74, 6) is -0.602. The van der Waals surface area contributed by atoms with Crippen LogP contribution >= 0.6 is 43.2 Å². The molecule has 9 heteroatoms. The van der Waals surface area contributed by atoms with E-state index in [2.05, 4.69) is 47.4 Å². The molecular weight excluding hydrogens is 400 g/mol. The Labute approximate surface area is 130 Å². The molecule has 0 saturated carbocycles. The van der Waals surface area contributed by atoms with E-state index >= 15 is 0 Å². The van der Waals surface area contributed by atoms with Crippen LogP contribution in [0, 0.1) is 5.92 Å². The lowest BCUT2D eigenvalue weighted by atomic mass is 10.1. The number of carbonyl (C=O) groups is 1. The Morgan fingerprint density at radius 3 is 2.89 bits per heavy atom. The highest BCUT2D eigenvalue weighted by molar-refractivity contribution is 9.12. The summed E-state index contributed by atoms with van der Waals surface area (Å²) >= 11 is 8.40. The number of aryl methyl sites for hydroxylation is 1. The summed E-state index contributed by atoms with van der Waals surface area (Å²) in [4.78, 5) is 10.8. The first-order chi connectivity index (χ1) is 8.99. The normalized spacial score (nSPS) is 12.6. The maximum absolute atomic E-state index is 10.8. The number of carboxylic acid groups (broad SMARTS) is 1. The van der Waals surface area contributed by atoms with Crippen LogP contribution in [0.3, 0.4) is 0 Å². The molecule has 0 radical (unpaired) electrons. The van der Waals surface area contributed by atoms with Crippen LogP contribution in [0.1, 0.15) is 13.3 Å². The molecule has 1 atom stereocenters. The van der Waals surface area contributed by atoms with Crippen molar-refractivity contribution < 1.29 is 9.90 Å². The summed E-state index contributed by atoms with van der Waals surface area (Å²) in [7, 11) is 0. The van der Waals surface area contributed by atoms with Gasteiger partial charge in [-0.2, -0.15) is 0 Å². The summed E-state index contributed by atoms with van der Waals surface area (Å²) in [5.41, 5.74) is 0.893. The molecule has 0 aliphatic rings. The van der Waals surface area contributed by atoms with Crippen molar-refractivity contribution in [3.8, 4) is 11.4 Å². The van der Waals surface area contributed by atoms with Crippen LogP contribution < -0.4 is 0 Å². The molecule has 19 heavy (non-hydrogen) atoms. The lowest BCUT2D eigenvalue weighted by Crippen LogP contribution is -2.13. The smallest absolute Gasteiger partial charge is 0.306 e. The first-order valence-corrected chi connectivity index (χ1v) is 7.83. The molecule has 1 N–H and O–H groups in total. The van der Waals surface area contributed by atoms with Crippen LogP contribution in [0.25, 0.3) is 11.4 Å². The molecular formula is C10H10Br2N4O2S. The van der Waals surface area contributed by atoms with Gasteiger partial charge < -0.3 is 5.11 Å². The largest absolute Gasteiger partial charge is 0.481 e. The average molecular weight is 410 g/mol. The molecule has 102 valence electrons. The summed E-state index contributed by atoms with van der Waals surface area (Å²) < 4.78 is 3.53. The number of tetrazole rings is 1. The third-order valence-electron chi connectivity index (χ3n) is 2.62. The molecule has 0 spiro atoms.